The lowest BCUT2D eigenvalue weighted by atomic mass is 9.40. The van der Waals surface area contributed by atoms with Gasteiger partial charge in [0, 0.05) is 24.7 Å². The van der Waals surface area contributed by atoms with Crippen LogP contribution in [0.2, 0.25) is 0 Å². The maximum Gasteiger partial charge on any atom is 0.302 e. The molecule has 10 heteroatoms. The number of carbonyl (C=O) groups excluding carboxylic acids is 4. The molecule has 0 aromatic heterocycles. The molecule has 0 aromatic rings. The summed E-state index contributed by atoms with van der Waals surface area (Å²) in [7, 11) is 0. The van der Waals surface area contributed by atoms with Crippen LogP contribution >= 0.6 is 0 Å². The Bertz CT molecular complexity index is 1500. The summed E-state index contributed by atoms with van der Waals surface area (Å²) in [5.41, 5.74) is -6.90. The second-order valence-electron chi connectivity index (χ2n) is 21.3. The van der Waals surface area contributed by atoms with Crippen LogP contribution in [0, 0.1) is 68.0 Å². The van der Waals surface area contributed by atoms with E-state index >= 15 is 9.59 Å². The van der Waals surface area contributed by atoms with Crippen LogP contribution < -0.4 is 0 Å². The van der Waals surface area contributed by atoms with E-state index in [-0.39, 0.29) is 107 Å². The average Bonchev–Trinajstić information content (AvgIpc) is 3.39. The van der Waals surface area contributed by atoms with Gasteiger partial charge in [0.15, 0.2) is 11.6 Å². The van der Waals surface area contributed by atoms with Crippen molar-refractivity contribution < 1.29 is 49.1 Å². The van der Waals surface area contributed by atoms with E-state index in [4.69, 9.17) is 9.47 Å². The highest BCUT2D eigenvalue weighted by atomic mass is 16.5. The van der Waals surface area contributed by atoms with Crippen molar-refractivity contribution in [3.63, 3.8) is 0 Å². The molecule has 16 atom stereocenters. The molecular formula is C44H66O10. The van der Waals surface area contributed by atoms with Gasteiger partial charge in [-0.05, 0) is 136 Å². The van der Waals surface area contributed by atoms with Gasteiger partial charge in [-0.1, -0.05) is 40.5 Å². The highest BCUT2D eigenvalue weighted by Gasteiger charge is 2.77. The van der Waals surface area contributed by atoms with Crippen LogP contribution in [0.1, 0.15) is 144 Å². The Balaban J connectivity index is 1.05. The van der Waals surface area contributed by atoms with E-state index in [0.29, 0.717) is 51.4 Å². The largest absolute Gasteiger partial charge is 0.465 e. The number of ether oxygens (including phenoxy) is 2. The lowest BCUT2D eigenvalue weighted by Crippen LogP contribution is -2.65. The summed E-state index contributed by atoms with van der Waals surface area (Å²) >= 11 is 0. The molecule has 8 rings (SSSR count). The zero-order valence-corrected chi connectivity index (χ0v) is 33.6. The lowest BCUT2D eigenvalue weighted by Gasteiger charge is -2.64. The predicted molar refractivity (Wildman–Crippen MR) is 197 cm³/mol. The molecule has 0 aromatic carbocycles. The maximum atomic E-state index is 15.0. The van der Waals surface area contributed by atoms with Crippen LogP contribution in [0.3, 0.4) is 0 Å². The quantitative estimate of drug-likeness (QED) is 0.245. The van der Waals surface area contributed by atoms with Gasteiger partial charge in [-0.2, -0.15) is 0 Å². The zero-order valence-electron chi connectivity index (χ0n) is 33.6. The summed E-state index contributed by atoms with van der Waals surface area (Å²) in [6.07, 6.45) is 7.81. The summed E-state index contributed by atoms with van der Waals surface area (Å²) in [6, 6.07) is 0. The Morgan fingerprint density at radius 3 is 1.33 bits per heavy atom. The van der Waals surface area contributed by atoms with E-state index in [1.165, 1.54) is 13.8 Å². The van der Waals surface area contributed by atoms with Crippen molar-refractivity contribution in [3.8, 4) is 0 Å². The Kier molecular flexibility index (Phi) is 8.89. The first kappa shape index (κ1) is 39.0. The van der Waals surface area contributed by atoms with E-state index in [9.17, 15) is 30.0 Å². The number of ketones is 2. The molecule has 10 nitrogen and oxygen atoms in total. The molecule has 8 saturated carbocycles. The highest BCUT2D eigenvalue weighted by Crippen LogP contribution is 2.74. The summed E-state index contributed by atoms with van der Waals surface area (Å²) in [5.74, 6) is -2.14. The monoisotopic (exact) mass is 754 g/mol. The molecule has 4 bridgehead atoms. The molecule has 4 N–H and O–H groups in total. The number of aliphatic hydroxyl groups is 4. The minimum atomic E-state index is -1.76. The molecule has 302 valence electrons. The van der Waals surface area contributed by atoms with Crippen molar-refractivity contribution in [2.45, 2.75) is 168 Å². The molecule has 0 aliphatic heterocycles. The number of hydrogen-bond acceptors (Lipinski definition) is 10. The molecule has 8 fully saturated rings. The molecular weight excluding hydrogens is 688 g/mol. The fourth-order valence-electron chi connectivity index (χ4n) is 16.7. The van der Waals surface area contributed by atoms with Crippen molar-refractivity contribution in [3.05, 3.63) is 0 Å². The minimum Gasteiger partial charge on any atom is -0.465 e. The van der Waals surface area contributed by atoms with Gasteiger partial charge in [-0.15, -0.1) is 0 Å². The first-order valence-electron chi connectivity index (χ1n) is 21.3. The van der Waals surface area contributed by atoms with E-state index < -0.39 is 34.2 Å². The van der Waals surface area contributed by atoms with Crippen LogP contribution in [-0.4, -0.2) is 80.6 Å². The van der Waals surface area contributed by atoms with Crippen LogP contribution in [0.15, 0.2) is 0 Å². The fourth-order valence-corrected chi connectivity index (χ4v) is 16.7. The first-order chi connectivity index (χ1) is 25.2. The normalized spacial score (nSPS) is 54.6. The summed E-state index contributed by atoms with van der Waals surface area (Å²) in [6.45, 7) is 12.2. The third-order valence-corrected chi connectivity index (χ3v) is 19.0. The third kappa shape index (κ3) is 4.90. The van der Waals surface area contributed by atoms with E-state index in [0.717, 1.165) is 38.5 Å². The predicted octanol–water partition coefficient (Wildman–Crippen LogP) is 5.48. The van der Waals surface area contributed by atoms with E-state index in [2.05, 4.69) is 27.7 Å². The molecule has 2 spiro atoms. The second kappa shape index (κ2) is 12.3. The van der Waals surface area contributed by atoms with Gasteiger partial charge in [0.1, 0.15) is 11.2 Å². The van der Waals surface area contributed by atoms with Crippen LogP contribution in [-0.2, 0) is 28.7 Å². The SMILES string of the molecule is CC(=O)OC[C@@]1(C)CCC[C@]2(C)C1C[C@@H](O)[C@@]13C[C@@H](CCC21)C(O)(CC[C@@]1(O)C(=O)[C@]24C[C@H]1CCC2[C@]1(C)CCC[C@](C)(COC(C)=O)C1C[C@H]4O)C3=O. The van der Waals surface area contributed by atoms with Gasteiger partial charge in [0.25, 0.3) is 0 Å². The minimum absolute atomic E-state index is 0.0437. The molecule has 0 amide bonds. The number of Topliss-reactive ketones (excluding diaryl/α,β-unsaturated/α-hetero) is 2. The summed E-state index contributed by atoms with van der Waals surface area (Å²) < 4.78 is 11.2. The van der Waals surface area contributed by atoms with Crippen molar-refractivity contribution in [2.75, 3.05) is 13.2 Å². The smallest absolute Gasteiger partial charge is 0.302 e. The standard InChI is InChI=1S/C44H66O10/c1-25(45)53-23-37(3)13-7-15-39(5)29-11-9-27-21-41(29,33(47)19-31(37)39)35(49)43(27,51)17-18-44(52)28-10-12-30-40(6)16-8-14-38(4,24-54-26(2)46)32(40)20-34(48)42(30,22-28)36(44)50/h27-34,47-48,51-52H,7-24H2,1-6H3/t27-,28-,29?,30?,31?,32?,33-,34-,37-,38-,39+,40+,41-,42-,43+,44?/m1/s1. The van der Waals surface area contributed by atoms with Gasteiger partial charge < -0.3 is 29.9 Å². The first-order valence-corrected chi connectivity index (χ1v) is 21.3. The number of hydrogen-bond donors (Lipinski definition) is 4. The molecule has 8 aliphatic carbocycles. The summed E-state index contributed by atoms with van der Waals surface area (Å²) in [5, 5.41) is 49.5. The van der Waals surface area contributed by atoms with Gasteiger partial charge in [0.2, 0.25) is 0 Å². The Hall–Kier alpha value is -1.88. The van der Waals surface area contributed by atoms with Crippen LogP contribution in [0.4, 0.5) is 0 Å². The summed E-state index contributed by atoms with van der Waals surface area (Å²) in [4.78, 5) is 53.7. The lowest BCUT2D eigenvalue weighted by molar-refractivity contribution is -0.208. The molecule has 0 radical (unpaired) electrons. The van der Waals surface area contributed by atoms with Crippen molar-refractivity contribution in [1.82, 2.24) is 0 Å². The van der Waals surface area contributed by atoms with Crippen molar-refractivity contribution in [1.29, 1.82) is 0 Å². The molecule has 5 unspecified atom stereocenters. The number of fused-ring (bicyclic) bond motifs is 6. The van der Waals surface area contributed by atoms with Crippen molar-refractivity contribution in [2.24, 2.45) is 68.0 Å². The van der Waals surface area contributed by atoms with E-state index in [1.807, 2.05) is 0 Å². The molecule has 0 saturated heterocycles. The molecule has 0 heterocycles. The highest BCUT2D eigenvalue weighted by molar-refractivity contribution is 5.98. The number of rotatable bonds is 7. The van der Waals surface area contributed by atoms with E-state index in [1.54, 1.807) is 0 Å². The Morgan fingerprint density at radius 1 is 0.611 bits per heavy atom. The average molecular weight is 755 g/mol. The van der Waals surface area contributed by atoms with Crippen molar-refractivity contribution >= 4 is 23.5 Å². The number of esters is 2. The van der Waals surface area contributed by atoms with Crippen LogP contribution in [0.5, 0.6) is 0 Å². The van der Waals surface area contributed by atoms with Crippen LogP contribution in [0.25, 0.3) is 0 Å². The van der Waals surface area contributed by atoms with Gasteiger partial charge in [-0.3, -0.25) is 19.2 Å². The number of aliphatic hydroxyl groups excluding tert-OH is 2. The Morgan fingerprint density at radius 2 is 0.981 bits per heavy atom. The molecule has 54 heavy (non-hydrogen) atoms. The van der Waals surface area contributed by atoms with Gasteiger partial charge in [0.05, 0.1) is 36.3 Å². The fraction of sp³-hybridized carbons (Fsp3) is 0.909. The third-order valence-electron chi connectivity index (χ3n) is 19.0. The second-order valence-corrected chi connectivity index (χ2v) is 21.3. The topological polar surface area (TPSA) is 168 Å². The maximum absolute atomic E-state index is 15.0. The zero-order chi connectivity index (χ0) is 39.1. The number of carbonyl (C=O) groups is 4. The Labute approximate surface area is 320 Å². The van der Waals surface area contributed by atoms with Gasteiger partial charge in [-0.25, -0.2) is 0 Å². The van der Waals surface area contributed by atoms with Gasteiger partial charge >= 0.3 is 11.9 Å². The molecule has 8 aliphatic rings.